The van der Waals surface area contributed by atoms with Crippen LogP contribution in [0.3, 0.4) is 0 Å². The standard InChI is InChI=1S/C12H19NO2/c1-9-10(2)15-11(13-9)8-12(14)6-4-3-5-7-12/h14H,3-8H2,1-2H3. The average molecular weight is 209 g/mol. The molecule has 1 saturated carbocycles. The molecule has 0 aromatic carbocycles. The summed E-state index contributed by atoms with van der Waals surface area (Å²) in [6.45, 7) is 3.85. The minimum Gasteiger partial charge on any atom is -0.446 e. The highest BCUT2D eigenvalue weighted by molar-refractivity contribution is 5.07. The monoisotopic (exact) mass is 209 g/mol. The molecule has 1 aliphatic carbocycles. The Kier molecular flexibility index (Phi) is 2.83. The van der Waals surface area contributed by atoms with Gasteiger partial charge >= 0.3 is 0 Å². The largest absolute Gasteiger partial charge is 0.446 e. The van der Waals surface area contributed by atoms with Gasteiger partial charge in [-0.15, -0.1) is 0 Å². The Hall–Kier alpha value is -0.830. The molecule has 1 aromatic rings. The van der Waals surface area contributed by atoms with E-state index in [1.807, 2.05) is 13.8 Å². The lowest BCUT2D eigenvalue weighted by atomic mass is 9.82. The fourth-order valence-corrected chi connectivity index (χ4v) is 2.28. The maximum Gasteiger partial charge on any atom is 0.197 e. The van der Waals surface area contributed by atoms with Crippen LogP contribution < -0.4 is 0 Å². The highest BCUT2D eigenvalue weighted by atomic mass is 16.4. The Balaban J connectivity index is 2.06. The Bertz CT molecular complexity index is 318. The molecule has 0 atom stereocenters. The van der Waals surface area contributed by atoms with Gasteiger partial charge in [0.05, 0.1) is 17.7 Å². The quantitative estimate of drug-likeness (QED) is 0.814. The zero-order valence-corrected chi connectivity index (χ0v) is 9.55. The number of hydrogen-bond donors (Lipinski definition) is 1. The summed E-state index contributed by atoms with van der Waals surface area (Å²) in [6.07, 6.45) is 5.82. The summed E-state index contributed by atoms with van der Waals surface area (Å²) in [4.78, 5) is 4.32. The molecule has 0 aliphatic heterocycles. The Morgan fingerprint density at radius 3 is 2.47 bits per heavy atom. The second-order valence-corrected chi connectivity index (χ2v) is 4.71. The van der Waals surface area contributed by atoms with Crippen LogP contribution in [0.2, 0.25) is 0 Å². The number of nitrogens with zero attached hydrogens (tertiary/aromatic N) is 1. The fraction of sp³-hybridized carbons (Fsp3) is 0.750. The van der Waals surface area contributed by atoms with E-state index in [-0.39, 0.29) is 0 Å². The minimum absolute atomic E-state index is 0.567. The van der Waals surface area contributed by atoms with Gasteiger partial charge in [0.15, 0.2) is 5.89 Å². The molecule has 1 fully saturated rings. The van der Waals surface area contributed by atoms with E-state index in [2.05, 4.69) is 4.98 Å². The van der Waals surface area contributed by atoms with Crippen molar-refractivity contribution in [1.29, 1.82) is 0 Å². The van der Waals surface area contributed by atoms with E-state index in [9.17, 15) is 5.11 Å². The molecule has 0 bridgehead atoms. The third-order valence-electron chi connectivity index (χ3n) is 3.34. The van der Waals surface area contributed by atoms with Gasteiger partial charge in [0.1, 0.15) is 5.76 Å². The first-order valence-electron chi connectivity index (χ1n) is 5.74. The number of aryl methyl sites for hydroxylation is 2. The van der Waals surface area contributed by atoms with Crippen molar-refractivity contribution in [1.82, 2.24) is 4.98 Å². The van der Waals surface area contributed by atoms with Gasteiger partial charge < -0.3 is 9.52 Å². The van der Waals surface area contributed by atoms with Gasteiger partial charge in [-0.05, 0) is 26.7 Å². The molecule has 84 valence electrons. The molecule has 0 radical (unpaired) electrons. The second-order valence-electron chi connectivity index (χ2n) is 4.71. The van der Waals surface area contributed by atoms with Crippen molar-refractivity contribution in [2.24, 2.45) is 0 Å². The molecule has 0 amide bonds. The smallest absolute Gasteiger partial charge is 0.197 e. The first-order chi connectivity index (χ1) is 7.09. The van der Waals surface area contributed by atoms with E-state index in [1.165, 1.54) is 6.42 Å². The number of hydrogen-bond acceptors (Lipinski definition) is 3. The maximum atomic E-state index is 10.3. The Labute approximate surface area is 90.5 Å². The van der Waals surface area contributed by atoms with Crippen molar-refractivity contribution in [2.75, 3.05) is 0 Å². The zero-order valence-electron chi connectivity index (χ0n) is 9.55. The van der Waals surface area contributed by atoms with Crippen LogP contribution in [0.5, 0.6) is 0 Å². The predicted molar refractivity (Wildman–Crippen MR) is 57.7 cm³/mol. The molecule has 1 heterocycles. The van der Waals surface area contributed by atoms with E-state index in [4.69, 9.17) is 4.42 Å². The molecule has 0 saturated heterocycles. The molecule has 3 nitrogen and oxygen atoms in total. The van der Waals surface area contributed by atoms with Crippen molar-refractivity contribution >= 4 is 0 Å². The van der Waals surface area contributed by atoms with Gasteiger partial charge in [0, 0.05) is 0 Å². The lowest BCUT2D eigenvalue weighted by Gasteiger charge is -2.30. The SMILES string of the molecule is Cc1nc(CC2(O)CCCCC2)oc1C. The molecular formula is C12H19NO2. The maximum absolute atomic E-state index is 10.3. The van der Waals surface area contributed by atoms with Crippen LogP contribution in [0, 0.1) is 13.8 Å². The highest BCUT2D eigenvalue weighted by Gasteiger charge is 2.31. The number of aliphatic hydroxyl groups is 1. The van der Waals surface area contributed by atoms with Crippen LogP contribution in [-0.2, 0) is 6.42 Å². The fourth-order valence-electron chi connectivity index (χ4n) is 2.28. The number of rotatable bonds is 2. The highest BCUT2D eigenvalue weighted by Crippen LogP contribution is 2.31. The van der Waals surface area contributed by atoms with Gasteiger partial charge in [0.25, 0.3) is 0 Å². The van der Waals surface area contributed by atoms with Crippen LogP contribution in [0.25, 0.3) is 0 Å². The van der Waals surface area contributed by atoms with E-state index in [0.29, 0.717) is 12.3 Å². The molecule has 0 unspecified atom stereocenters. The van der Waals surface area contributed by atoms with Gasteiger partial charge in [-0.25, -0.2) is 4.98 Å². The van der Waals surface area contributed by atoms with Crippen molar-refractivity contribution in [3.63, 3.8) is 0 Å². The summed E-state index contributed by atoms with van der Waals surface area (Å²) in [5, 5.41) is 10.3. The summed E-state index contributed by atoms with van der Waals surface area (Å²) >= 11 is 0. The zero-order chi connectivity index (χ0) is 10.9. The molecule has 1 aromatic heterocycles. The van der Waals surface area contributed by atoms with Crippen LogP contribution in [0.15, 0.2) is 4.42 Å². The topological polar surface area (TPSA) is 46.3 Å². The predicted octanol–water partition coefficient (Wildman–Crippen LogP) is 2.53. The lowest BCUT2D eigenvalue weighted by Crippen LogP contribution is -2.33. The molecule has 0 spiro atoms. The summed E-state index contributed by atoms with van der Waals surface area (Å²) in [5.41, 5.74) is 0.367. The third kappa shape index (κ3) is 2.40. The van der Waals surface area contributed by atoms with Crippen molar-refractivity contribution in [3.05, 3.63) is 17.3 Å². The summed E-state index contributed by atoms with van der Waals surface area (Å²) in [6, 6.07) is 0. The molecule has 3 heteroatoms. The van der Waals surface area contributed by atoms with E-state index in [1.54, 1.807) is 0 Å². The third-order valence-corrected chi connectivity index (χ3v) is 3.34. The molecule has 2 rings (SSSR count). The normalized spacial score (nSPS) is 20.5. The van der Waals surface area contributed by atoms with Crippen molar-refractivity contribution < 1.29 is 9.52 Å². The molecular weight excluding hydrogens is 190 g/mol. The molecule has 1 aliphatic rings. The van der Waals surface area contributed by atoms with Crippen molar-refractivity contribution in [2.45, 2.75) is 58.0 Å². The lowest BCUT2D eigenvalue weighted by molar-refractivity contribution is -0.000861. The Morgan fingerprint density at radius 1 is 1.27 bits per heavy atom. The second kappa shape index (κ2) is 3.97. The average Bonchev–Trinajstić information content (AvgIpc) is 2.46. The molecule has 1 N–H and O–H groups in total. The summed E-state index contributed by atoms with van der Waals surface area (Å²) in [7, 11) is 0. The van der Waals surface area contributed by atoms with E-state index in [0.717, 1.165) is 37.1 Å². The van der Waals surface area contributed by atoms with E-state index < -0.39 is 5.60 Å². The van der Waals surface area contributed by atoms with Crippen molar-refractivity contribution in [3.8, 4) is 0 Å². The minimum atomic E-state index is -0.567. The van der Waals surface area contributed by atoms with Gasteiger partial charge in [-0.1, -0.05) is 19.3 Å². The number of oxazole rings is 1. The van der Waals surface area contributed by atoms with Crippen LogP contribution in [-0.4, -0.2) is 15.7 Å². The van der Waals surface area contributed by atoms with Gasteiger partial charge in [-0.3, -0.25) is 0 Å². The summed E-state index contributed by atoms with van der Waals surface area (Å²) in [5.74, 6) is 1.55. The van der Waals surface area contributed by atoms with Gasteiger partial charge in [0.2, 0.25) is 0 Å². The van der Waals surface area contributed by atoms with Crippen LogP contribution in [0.4, 0.5) is 0 Å². The first-order valence-corrected chi connectivity index (χ1v) is 5.74. The Morgan fingerprint density at radius 2 is 1.93 bits per heavy atom. The number of aromatic nitrogens is 1. The van der Waals surface area contributed by atoms with Gasteiger partial charge in [-0.2, -0.15) is 0 Å². The van der Waals surface area contributed by atoms with Crippen LogP contribution in [0.1, 0.15) is 49.4 Å². The van der Waals surface area contributed by atoms with Crippen LogP contribution >= 0.6 is 0 Å². The first kappa shape index (κ1) is 10.7. The summed E-state index contributed by atoms with van der Waals surface area (Å²) < 4.78 is 5.51. The van der Waals surface area contributed by atoms with E-state index >= 15 is 0 Å². The molecule has 15 heavy (non-hydrogen) atoms.